The molecule has 0 heterocycles. The summed E-state index contributed by atoms with van der Waals surface area (Å²) in [4.78, 5) is 44.9. The highest BCUT2D eigenvalue weighted by molar-refractivity contribution is 6.24. The number of aromatic hydroxyl groups is 1. The van der Waals surface area contributed by atoms with Gasteiger partial charge in [0.2, 0.25) is 5.78 Å². The molecule has 1 aromatic rings. The zero-order valence-corrected chi connectivity index (χ0v) is 22.9. The fourth-order valence-corrected chi connectivity index (χ4v) is 6.45. The Labute approximate surface area is 227 Å². The van der Waals surface area contributed by atoms with Crippen molar-refractivity contribution in [2.75, 3.05) is 46.7 Å². The first kappa shape index (κ1) is 28.3. The van der Waals surface area contributed by atoms with Crippen LogP contribution in [0.25, 0.3) is 0 Å². The third kappa shape index (κ3) is 4.12. The molecule has 0 saturated carbocycles. The predicted octanol–water partition coefficient (Wildman–Crippen LogP) is 0.804. The Bertz CT molecular complexity index is 1350. The zero-order valence-electron chi connectivity index (χ0n) is 22.9. The molecule has 11 heteroatoms. The van der Waals surface area contributed by atoms with Crippen LogP contribution < -0.4 is 10.6 Å². The number of carbonyl (C=O) groups excluding carboxylic acids is 3. The molecule has 0 bridgehead atoms. The summed E-state index contributed by atoms with van der Waals surface area (Å²) in [6.45, 7) is 4.58. The number of aliphatic hydroxyl groups is 3. The van der Waals surface area contributed by atoms with Crippen molar-refractivity contribution in [1.82, 2.24) is 9.80 Å². The van der Waals surface area contributed by atoms with Gasteiger partial charge in [0, 0.05) is 49.9 Å². The van der Waals surface area contributed by atoms with Crippen molar-refractivity contribution < 1.29 is 34.8 Å². The summed E-state index contributed by atoms with van der Waals surface area (Å²) >= 11 is 0. The summed E-state index contributed by atoms with van der Waals surface area (Å²) in [5.41, 5.74) is 3.53. The number of Topliss-reactive ketones (excluding diaryl/α,β-unsaturated/α-hetero) is 2. The largest absolute Gasteiger partial charge is 0.510 e. The SMILES string of the molecule is C=CCN(C)Cc1cc(N(C)C)c2c(c1O)C(=O)C1=C(O)C3(O)C(=O)C(C(N)=O)=C(O)C(N(C)C)C3CC1C2. The Hall–Kier alpha value is -3.67. The van der Waals surface area contributed by atoms with Crippen LogP contribution >= 0.6 is 0 Å². The number of amides is 1. The van der Waals surface area contributed by atoms with Crippen molar-refractivity contribution in [2.45, 2.75) is 31.0 Å². The normalized spacial score (nSPS) is 26.5. The lowest BCUT2D eigenvalue weighted by Gasteiger charge is -2.50. The van der Waals surface area contributed by atoms with Crippen LogP contribution in [0.1, 0.15) is 27.9 Å². The predicted molar refractivity (Wildman–Crippen MR) is 145 cm³/mol. The molecule has 6 N–H and O–H groups in total. The number of phenols is 1. The molecule has 1 amide bonds. The van der Waals surface area contributed by atoms with Gasteiger partial charge in [-0.1, -0.05) is 6.08 Å². The average molecular weight is 541 g/mol. The topological polar surface area (TPSA) is 168 Å². The second kappa shape index (κ2) is 9.82. The van der Waals surface area contributed by atoms with E-state index in [4.69, 9.17) is 5.73 Å². The first-order valence-electron chi connectivity index (χ1n) is 12.7. The van der Waals surface area contributed by atoms with Crippen LogP contribution in [0, 0.1) is 11.8 Å². The van der Waals surface area contributed by atoms with Gasteiger partial charge in [-0.3, -0.25) is 24.2 Å². The maximum absolute atomic E-state index is 14.0. The second-order valence-electron chi connectivity index (χ2n) is 11.1. The second-order valence-corrected chi connectivity index (χ2v) is 11.1. The van der Waals surface area contributed by atoms with Gasteiger partial charge in [0.25, 0.3) is 5.91 Å². The number of nitrogens with zero attached hydrogens (tertiary/aromatic N) is 3. The Kier molecular flexibility index (Phi) is 7.13. The molecule has 4 rings (SSSR count). The summed E-state index contributed by atoms with van der Waals surface area (Å²) in [6.07, 6.45) is 2.00. The molecule has 0 spiro atoms. The quantitative estimate of drug-likeness (QED) is 0.246. The fraction of sp³-hybridized carbons (Fsp3) is 0.464. The summed E-state index contributed by atoms with van der Waals surface area (Å²) in [5, 5.41) is 45.4. The number of aliphatic hydroxyl groups excluding tert-OH is 2. The number of benzene rings is 1. The van der Waals surface area contributed by atoms with Gasteiger partial charge < -0.3 is 31.1 Å². The molecule has 0 radical (unpaired) electrons. The van der Waals surface area contributed by atoms with Crippen LogP contribution in [0.3, 0.4) is 0 Å². The Morgan fingerprint density at radius 2 is 1.82 bits per heavy atom. The smallest absolute Gasteiger partial charge is 0.255 e. The molecule has 0 saturated heterocycles. The third-order valence-electron chi connectivity index (χ3n) is 8.14. The number of hydrogen-bond acceptors (Lipinski definition) is 10. The average Bonchev–Trinajstić information content (AvgIpc) is 2.82. The lowest BCUT2D eigenvalue weighted by molar-refractivity contribution is -0.148. The minimum absolute atomic E-state index is 0.00369. The van der Waals surface area contributed by atoms with Gasteiger partial charge in [0.15, 0.2) is 11.4 Å². The zero-order chi connectivity index (χ0) is 29.1. The number of allylic oxidation sites excluding steroid dienone is 1. The minimum Gasteiger partial charge on any atom is -0.510 e. The van der Waals surface area contributed by atoms with Crippen LogP contribution in [0.2, 0.25) is 0 Å². The maximum atomic E-state index is 14.0. The van der Waals surface area contributed by atoms with E-state index in [1.54, 1.807) is 20.2 Å². The van der Waals surface area contributed by atoms with Crippen molar-refractivity contribution in [3.05, 3.63) is 58.1 Å². The van der Waals surface area contributed by atoms with E-state index in [-0.39, 0.29) is 29.7 Å². The Morgan fingerprint density at radius 1 is 1.18 bits per heavy atom. The molecule has 210 valence electrons. The molecule has 39 heavy (non-hydrogen) atoms. The van der Waals surface area contributed by atoms with Crippen LogP contribution in [0.4, 0.5) is 5.69 Å². The molecular formula is C28H36N4O7. The van der Waals surface area contributed by atoms with Gasteiger partial charge in [0.1, 0.15) is 22.8 Å². The van der Waals surface area contributed by atoms with Gasteiger partial charge in [-0.25, -0.2) is 0 Å². The summed E-state index contributed by atoms with van der Waals surface area (Å²) < 4.78 is 0. The summed E-state index contributed by atoms with van der Waals surface area (Å²) in [7, 11) is 8.69. The van der Waals surface area contributed by atoms with E-state index in [2.05, 4.69) is 6.58 Å². The van der Waals surface area contributed by atoms with Crippen LogP contribution in [-0.2, 0) is 22.6 Å². The molecule has 3 aliphatic rings. The van der Waals surface area contributed by atoms with Gasteiger partial charge in [-0.2, -0.15) is 0 Å². The number of primary amides is 1. The number of carbonyl (C=O) groups is 3. The van der Waals surface area contributed by atoms with E-state index < -0.39 is 58.0 Å². The molecule has 11 nitrogen and oxygen atoms in total. The van der Waals surface area contributed by atoms with Gasteiger partial charge in [-0.15, -0.1) is 6.58 Å². The third-order valence-corrected chi connectivity index (χ3v) is 8.14. The molecule has 0 aromatic heterocycles. The fourth-order valence-electron chi connectivity index (χ4n) is 6.45. The van der Waals surface area contributed by atoms with E-state index >= 15 is 0 Å². The van der Waals surface area contributed by atoms with Crippen molar-refractivity contribution >= 4 is 23.2 Å². The van der Waals surface area contributed by atoms with Crippen LogP contribution in [0.5, 0.6) is 5.75 Å². The Morgan fingerprint density at radius 3 is 2.36 bits per heavy atom. The maximum Gasteiger partial charge on any atom is 0.255 e. The lowest BCUT2D eigenvalue weighted by Crippen LogP contribution is -2.63. The van der Waals surface area contributed by atoms with Crippen LogP contribution in [0.15, 0.2) is 41.4 Å². The number of nitrogens with two attached hydrogens (primary N) is 1. The number of fused-ring (bicyclic) bond motifs is 3. The summed E-state index contributed by atoms with van der Waals surface area (Å²) in [5.74, 6) is -6.59. The van der Waals surface area contributed by atoms with E-state index in [9.17, 15) is 34.8 Å². The molecule has 4 atom stereocenters. The van der Waals surface area contributed by atoms with Gasteiger partial charge in [0.05, 0.1) is 11.6 Å². The van der Waals surface area contributed by atoms with E-state index in [0.29, 0.717) is 24.2 Å². The highest BCUT2D eigenvalue weighted by Crippen LogP contribution is 2.53. The van der Waals surface area contributed by atoms with E-state index in [1.165, 1.54) is 4.90 Å². The molecule has 4 unspecified atom stereocenters. The van der Waals surface area contributed by atoms with Crippen LogP contribution in [-0.4, -0.2) is 101 Å². The first-order valence-corrected chi connectivity index (χ1v) is 12.7. The van der Waals surface area contributed by atoms with Crippen molar-refractivity contribution in [1.29, 1.82) is 0 Å². The number of rotatable bonds is 7. The molecular weight excluding hydrogens is 504 g/mol. The standard InChI is InChI=1S/C28H36N4O7/c1-7-8-32(6)12-14-11-17(30(2)3)15-9-13-10-16-21(31(4)5)24(35)20(27(29)38)26(37)28(16,39)25(36)18(13)23(34)19(15)22(14)33/h7,11,13,16,21,33,35-36,39H,1,8-10,12H2,2-6H3,(H2,29,38). The van der Waals surface area contributed by atoms with Crippen molar-refractivity contribution in [3.8, 4) is 5.75 Å². The van der Waals surface area contributed by atoms with Gasteiger partial charge >= 0.3 is 0 Å². The Balaban J connectivity index is 1.95. The monoisotopic (exact) mass is 540 g/mol. The van der Waals surface area contributed by atoms with E-state index in [1.807, 2.05) is 37.0 Å². The number of phenolic OH excluding ortho intramolecular Hbond substituents is 1. The molecule has 1 aromatic carbocycles. The number of anilines is 1. The lowest BCUT2D eigenvalue weighted by atomic mass is 9.58. The molecule has 0 fully saturated rings. The van der Waals surface area contributed by atoms with Crippen molar-refractivity contribution in [3.63, 3.8) is 0 Å². The first-order chi connectivity index (χ1) is 18.2. The number of ketones is 2. The summed E-state index contributed by atoms with van der Waals surface area (Å²) in [6, 6.07) is 0.801. The number of hydrogen-bond donors (Lipinski definition) is 5. The van der Waals surface area contributed by atoms with E-state index in [0.717, 1.165) is 5.69 Å². The van der Waals surface area contributed by atoms with Crippen molar-refractivity contribution in [2.24, 2.45) is 17.6 Å². The highest BCUT2D eigenvalue weighted by atomic mass is 16.3. The minimum atomic E-state index is -2.66. The molecule has 0 aliphatic heterocycles. The highest BCUT2D eigenvalue weighted by Gasteiger charge is 2.63. The molecule has 3 aliphatic carbocycles. The van der Waals surface area contributed by atoms with Gasteiger partial charge in [-0.05, 0) is 51.5 Å². The number of likely N-dealkylation sites (N-methyl/N-ethyl adjacent to an activating group) is 2.